The fraction of sp³-hybridized carbons (Fsp3) is 0. The van der Waals surface area contributed by atoms with Crippen LogP contribution in [0.5, 0.6) is 0 Å². The molecule has 3 rings (SSSR count). The summed E-state index contributed by atoms with van der Waals surface area (Å²) in [5.74, 6) is 0.539. The fourth-order valence-electron chi connectivity index (χ4n) is 1.85. The third-order valence-electron chi connectivity index (χ3n) is 2.56. The second kappa shape index (κ2) is 2.92. The van der Waals surface area contributed by atoms with Crippen LogP contribution in [0.1, 0.15) is 0 Å². The Hall–Kier alpha value is -2.16. The smallest absolute Gasteiger partial charge is 0.135 e. The molecule has 3 nitrogen and oxygen atoms in total. The highest BCUT2D eigenvalue weighted by Gasteiger charge is 2.04. The number of aromatic nitrogens is 2. The monoisotopic (exact) mass is 195 g/mol. The molecule has 3 aromatic rings. The molecule has 0 aliphatic rings. The topological polar surface area (TPSA) is 51.8 Å². The van der Waals surface area contributed by atoms with E-state index in [9.17, 15) is 0 Å². The van der Waals surface area contributed by atoms with Crippen molar-refractivity contribution in [1.29, 1.82) is 0 Å². The van der Waals surface area contributed by atoms with Crippen LogP contribution < -0.4 is 5.73 Å². The van der Waals surface area contributed by atoms with Gasteiger partial charge in [0.05, 0.1) is 10.9 Å². The van der Waals surface area contributed by atoms with Gasteiger partial charge < -0.3 is 5.73 Å². The van der Waals surface area contributed by atoms with Crippen LogP contribution in [0.4, 0.5) is 5.82 Å². The van der Waals surface area contributed by atoms with Crippen molar-refractivity contribution in [2.75, 3.05) is 5.73 Å². The van der Waals surface area contributed by atoms with E-state index in [2.05, 4.69) is 16.0 Å². The molecular formula is C12H9N3. The lowest BCUT2D eigenvalue weighted by Gasteiger charge is -2.04. The minimum Gasteiger partial charge on any atom is -0.383 e. The van der Waals surface area contributed by atoms with Crippen LogP contribution in [0.2, 0.25) is 0 Å². The molecule has 0 aliphatic heterocycles. The zero-order valence-corrected chi connectivity index (χ0v) is 8.01. The molecule has 0 fully saturated rings. The van der Waals surface area contributed by atoms with Gasteiger partial charge in [-0.1, -0.05) is 30.3 Å². The van der Waals surface area contributed by atoms with Gasteiger partial charge in [-0.15, -0.1) is 0 Å². The second-order valence-electron chi connectivity index (χ2n) is 3.44. The Morgan fingerprint density at radius 1 is 0.933 bits per heavy atom. The molecule has 0 aliphatic carbocycles. The maximum atomic E-state index is 5.87. The quantitative estimate of drug-likeness (QED) is 0.560. The van der Waals surface area contributed by atoms with Crippen molar-refractivity contribution in [2.24, 2.45) is 0 Å². The van der Waals surface area contributed by atoms with Crippen molar-refractivity contribution in [2.45, 2.75) is 0 Å². The van der Waals surface area contributed by atoms with E-state index in [1.807, 2.05) is 30.3 Å². The summed E-state index contributed by atoms with van der Waals surface area (Å²) in [6.07, 6.45) is 1.49. The standard InChI is InChI=1S/C12H9N3/c13-12-11-9-4-2-1-3-8(9)5-6-10(11)14-7-15-12/h1-7H,(H2,13,14,15). The molecule has 72 valence electrons. The lowest BCUT2D eigenvalue weighted by atomic mass is 10.1. The van der Waals surface area contributed by atoms with Gasteiger partial charge in [0.25, 0.3) is 0 Å². The molecule has 0 unspecified atom stereocenters. The number of rotatable bonds is 0. The molecule has 2 N–H and O–H groups in total. The van der Waals surface area contributed by atoms with Gasteiger partial charge in [-0.3, -0.25) is 0 Å². The number of anilines is 1. The van der Waals surface area contributed by atoms with Crippen LogP contribution in [0.3, 0.4) is 0 Å². The zero-order valence-electron chi connectivity index (χ0n) is 8.01. The van der Waals surface area contributed by atoms with E-state index in [0.29, 0.717) is 5.82 Å². The van der Waals surface area contributed by atoms with Gasteiger partial charge >= 0.3 is 0 Å². The highest BCUT2D eigenvalue weighted by atomic mass is 14.9. The molecule has 1 heterocycles. The minimum absolute atomic E-state index is 0.539. The van der Waals surface area contributed by atoms with Crippen molar-refractivity contribution in [1.82, 2.24) is 9.97 Å². The Morgan fingerprint density at radius 3 is 2.73 bits per heavy atom. The Balaban J connectivity index is 2.64. The second-order valence-corrected chi connectivity index (χ2v) is 3.44. The summed E-state index contributed by atoms with van der Waals surface area (Å²) in [4.78, 5) is 8.23. The van der Waals surface area contributed by atoms with Crippen LogP contribution in [0, 0.1) is 0 Å². The fourth-order valence-corrected chi connectivity index (χ4v) is 1.85. The first-order valence-electron chi connectivity index (χ1n) is 4.74. The van der Waals surface area contributed by atoms with E-state index in [-0.39, 0.29) is 0 Å². The summed E-state index contributed by atoms with van der Waals surface area (Å²) in [6, 6.07) is 12.1. The predicted molar refractivity (Wildman–Crippen MR) is 61.5 cm³/mol. The third kappa shape index (κ3) is 1.13. The van der Waals surface area contributed by atoms with Gasteiger partial charge in [-0.2, -0.15) is 0 Å². The number of hydrogen-bond acceptors (Lipinski definition) is 3. The van der Waals surface area contributed by atoms with Crippen LogP contribution in [0.15, 0.2) is 42.7 Å². The van der Waals surface area contributed by atoms with Crippen molar-refractivity contribution in [3.05, 3.63) is 42.7 Å². The van der Waals surface area contributed by atoms with Gasteiger partial charge in [-0.05, 0) is 16.8 Å². The Labute approximate surface area is 86.6 Å². The van der Waals surface area contributed by atoms with Crippen molar-refractivity contribution in [3.63, 3.8) is 0 Å². The number of nitrogens with zero attached hydrogens (tertiary/aromatic N) is 2. The molecule has 0 saturated carbocycles. The maximum absolute atomic E-state index is 5.87. The molecule has 2 aromatic carbocycles. The summed E-state index contributed by atoms with van der Waals surface area (Å²) in [5.41, 5.74) is 6.76. The van der Waals surface area contributed by atoms with Gasteiger partial charge in [0.15, 0.2) is 0 Å². The minimum atomic E-state index is 0.539. The molecule has 1 aromatic heterocycles. The van der Waals surface area contributed by atoms with E-state index in [1.54, 1.807) is 0 Å². The predicted octanol–water partition coefficient (Wildman–Crippen LogP) is 2.37. The average molecular weight is 195 g/mol. The number of fused-ring (bicyclic) bond motifs is 3. The molecular weight excluding hydrogens is 186 g/mol. The molecule has 0 bridgehead atoms. The first-order chi connectivity index (χ1) is 7.36. The van der Waals surface area contributed by atoms with Crippen LogP contribution in [-0.2, 0) is 0 Å². The normalized spacial score (nSPS) is 10.9. The lowest BCUT2D eigenvalue weighted by molar-refractivity contribution is 1.23. The number of nitrogen functional groups attached to an aromatic ring is 1. The molecule has 0 amide bonds. The van der Waals surface area contributed by atoms with Crippen LogP contribution in [-0.4, -0.2) is 9.97 Å². The largest absolute Gasteiger partial charge is 0.383 e. The van der Waals surface area contributed by atoms with Gasteiger partial charge in [0.1, 0.15) is 12.1 Å². The highest BCUT2D eigenvalue weighted by Crippen LogP contribution is 2.26. The summed E-state index contributed by atoms with van der Waals surface area (Å²) >= 11 is 0. The van der Waals surface area contributed by atoms with Crippen LogP contribution >= 0.6 is 0 Å². The van der Waals surface area contributed by atoms with Gasteiger partial charge in [0, 0.05) is 0 Å². The molecule has 0 spiro atoms. The SMILES string of the molecule is Nc1ncnc2ccc3ccccc3c12. The Bertz CT molecular complexity index is 646. The maximum Gasteiger partial charge on any atom is 0.135 e. The zero-order chi connectivity index (χ0) is 10.3. The van der Waals surface area contributed by atoms with Crippen molar-refractivity contribution < 1.29 is 0 Å². The van der Waals surface area contributed by atoms with E-state index in [1.165, 1.54) is 6.33 Å². The molecule has 3 heteroatoms. The first-order valence-corrected chi connectivity index (χ1v) is 4.74. The number of hydrogen-bond donors (Lipinski definition) is 1. The molecule has 0 radical (unpaired) electrons. The Kier molecular flexibility index (Phi) is 1.59. The lowest BCUT2D eigenvalue weighted by Crippen LogP contribution is -1.93. The molecule has 0 atom stereocenters. The Morgan fingerprint density at radius 2 is 1.80 bits per heavy atom. The summed E-state index contributed by atoms with van der Waals surface area (Å²) in [7, 11) is 0. The average Bonchev–Trinajstić information content (AvgIpc) is 2.29. The van der Waals surface area contributed by atoms with Gasteiger partial charge in [-0.25, -0.2) is 9.97 Å². The van der Waals surface area contributed by atoms with E-state index in [0.717, 1.165) is 21.7 Å². The van der Waals surface area contributed by atoms with Gasteiger partial charge in [0.2, 0.25) is 0 Å². The molecule has 0 saturated heterocycles. The first kappa shape index (κ1) is 8.17. The number of nitrogens with two attached hydrogens (primary N) is 1. The van der Waals surface area contributed by atoms with Crippen LogP contribution in [0.25, 0.3) is 21.7 Å². The summed E-state index contributed by atoms with van der Waals surface area (Å²) in [5, 5.41) is 3.20. The van der Waals surface area contributed by atoms with Crippen molar-refractivity contribution >= 4 is 27.5 Å². The summed E-state index contributed by atoms with van der Waals surface area (Å²) in [6.45, 7) is 0. The molecule has 15 heavy (non-hydrogen) atoms. The van der Waals surface area contributed by atoms with E-state index >= 15 is 0 Å². The van der Waals surface area contributed by atoms with E-state index < -0.39 is 0 Å². The highest BCUT2D eigenvalue weighted by molar-refractivity contribution is 6.10. The third-order valence-corrected chi connectivity index (χ3v) is 2.56. The van der Waals surface area contributed by atoms with Crippen molar-refractivity contribution in [3.8, 4) is 0 Å². The number of benzene rings is 2. The van der Waals surface area contributed by atoms with E-state index in [4.69, 9.17) is 5.73 Å². The summed E-state index contributed by atoms with van der Waals surface area (Å²) < 4.78 is 0.